The number of hydrogen-bond acceptors (Lipinski definition) is 4. The minimum Gasteiger partial charge on any atom is -0.326 e. The molecular weight excluding hydrogens is 356 g/mol. The first kappa shape index (κ1) is 21.0. The number of anilines is 2. The average molecular weight is 380 g/mol. The molecule has 0 saturated heterocycles. The molecule has 0 radical (unpaired) electrons. The van der Waals surface area contributed by atoms with Gasteiger partial charge in [-0.1, -0.05) is 24.3 Å². The number of carbonyl (C=O) groups excluding carboxylic acids is 4. The molecule has 2 aromatic rings. The van der Waals surface area contributed by atoms with Gasteiger partial charge in [0.05, 0.1) is 0 Å². The number of benzene rings is 2. The van der Waals surface area contributed by atoms with E-state index in [9.17, 15) is 19.2 Å². The van der Waals surface area contributed by atoms with Crippen molar-refractivity contribution in [1.82, 2.24) is 0 Å². The number of ketones is 2. The van der Waals surface area contributed by atoms with Crippen molar-refractivity contribution in [3.63, 3.8) is 0 Å². The highest BCUT2D eigenvalue weighted by Crippen LogP contribution is 2.14. The summed E-state index contributed by atoms with van der Waals surface area (Å²) in [6, 6.07) is 13.6. The van der Waals surface area contributed by atoms with Crippen molar-refractivity contribution in [3.05, 3.63) is 59.7 Å². The number of amides is 2. The summed E-state index contributed by atoms with van der Waals surface area (Å²) in [6.07, 6.45) is 1.72. The molecule has 0 fully saturated rings. The quantitative estimate of drug-likeness (QED) is 0.503. The fourth-order valence-electron chi connectivity index (χ4n) is 2.65. The van der Waals surface area contributed by atoms with Gasteiger partial charge in [0.2, 0.25) is 11.8 Å². The summed E-state index contributed by atoms with van der Waals surface area (Å²) in [4.78, 5) is 46.8. The molecule has 0 saturated carbocycles. The van der Waals surface area contributed by atoms with Crippen LogP contribution in [0.3, 0.4) is 0 Å². The summed E-state index contributed by atoms with van der Waals surface area (Å²) < 4.78 is 0. The number of carbonyl (C=O) groups is 4. The second-order valence-corrected chi connectivity index (χ2v) is 6.58. The monoisotopic (exact) mass is 380 g/mol. The van der Waals surface area contributed by atoms with Crippen molar-refractivity contribution in [1.29, 1.82) is 0 Å². The Hall–Kier alpha value is -3.28. The van der Waals surface area contributed by atoms with Gasteiger partial charge < -0.3 is 10.6 Å². The Morgan fingerprint density at radius 3 is 1.43 bits per heavy atom. The predicted molar refractivity (Wildman–Crippen MR) is 109 cm³/mol. The first-order chi connectivity index (χ1) is 13.3. The topological polar surface area (TPSA) is 92.3 Å². The van der Waals surface area contributed by atoms with E-state index in [2.05, 4.69) is 10.6 Å². The lowest BCUT2D eigenvalue weighted by atomic mass is 10.1. The van der Waals surface area contributed by atoms with Gasteiger partial charge in [-0.15, -0.1) is 0 Å². The molecule has 0 atom stereocenters. The van der Waals surface area contributed by atoms with Crippen molar-refractivity contribution in [3.8, 4) is 0 Å². The molecule has 0 heterocycles. The van der Waals surface area contributed by atoms with Crippen LogP contribution in [0.5, 0.6) is 0 Å². The van der Waals surface area contributed by atoms with E-state index in [4.69, 9.17) is 0 Å². The molecular formula is C22H24N2O4. The summed E-state index contributed by atoms with van der Waals surface area (Å²) in [5.41, 5.74) is 2.26. The number of nitrogens with one attached hydrogen (secondary N) is 2. The first-order valence-electron chi connectivity index (χ1n) is 9.17. The fourth-order valence-corrected chi connectivity index (χ4v) is 2.65. The fraction of sp³-hybridized carbons (Fsp3) is 0.273. The SMILES string of the molecule is CC(=O)c1cccc(NC(=O)CCCCC(=O)Nc2cccc(C(C)=O)c2)c1. The number of rotatable bonds is 9. The zero-order chi connectivity index (χ0) is 20.5. The molecule has 28 heavy (non-hydrogen) atoms. The Morgan fingerprint density at radius 2 is 1.07 bits per heavy atom. The van der Waals surface area contributed by atoms with E-state index in [1.165, 1.54) is 13.8 Å². The van der Waals surface area contributed by atoms with Gasteiger partial charge in [0, 0.05) is 35.3 Å². The Morgan fingerprint density at radius 1 is 0.679 bits per heavy atom. The van der Waals surface area contributed by atoms with Crippen LogP contribution in [0.15, 0.2) is 48.5 Å². The van der Waals surface area contributed by atoms with Gasteiger partial charge in [0.25, 0.3) is 0 Å². The van der Waals surface area contributed by atoms with Crippen LogP contribution in [0, 0.1) is 0 Å². The van der Waals surface area contributed by atoms with Gasteiger partial charge in [-0.2, -0.15) is 0 Å². The van der Waals surface area contributed by atoms with Crippen LogP contribution in [-0.4, -0.2) is 23.4 Å². The predicted octanol–water partition coefficient (Wildman–Crippen LogP) is 4.23. The maximum absolute atomic E-state index is 12.0. The smallest absolute Gasteiger partial charge is 0.224 e. The van der Waals surface area contributed by atoms with Gasteiger partial charge in [-0.3, -0.25) is 19.2 Å². The van der Waals surface area contributed by atoms with Gasteiger partial charge in [0.15, 0.2) is 11.6 Å². The van der Waals surface area contributed by atoms with Crippen LogP contribution < -0.4 is 10.6 Å². The van der Waals surface area contributed by atoms with E-state index < -0.39 is 0 Å². The Bertz CT molecular complexity index is 816. The van der Waals surface area contributed by atoms with Crippen LogP contribution >= 0.6 is 0 Å². The van der Waals surface area contributed by atoms with Crippen molar-refractivity contribution < 1.29 is 19.2 Å². The average Bonchev–Trinajstić information content (AvgIpc) is 2.65. The molecule has 0 unspecified atom stereocenters. The lowest BCUT2D eigenvalue weighted by molar-refractivity contribution is -0.118. The van der Waals surface area contributed by atoms with E-state index in [1.807, 2.05) is 0 Å². The molecule has 2 N–H and O–H groups in total. The van der Waals surface area contributed by atoms with Gasteiger partial charge in [-0.05, 0) is 51.0 Å². The minimum atomic E-state index is -0.157. The molecule has 6 heteroatoms. The zero-order valence-electron chi connectivity index (χ0n) is 16.1. The molecule has 6 nitrogen and oxygen atoms in total. The Balaban J connectivity index is 1.72. The van der Waals surface area contributed by atoms with Crippen molar-refractivity contribution in [2.24, 2.45) is 0 Å². The molecule has 146 valence electrons. The maximum Gasteiger partial charge on any atom is 0.224 e. The largest absolute Gasteiger partial charge is 0.326 e. The lowest BCUT2D eigenvalue weighted by Gasteiger charge is -2.07. The highest BCUT2D eigenvalue weighted by atomic mass is 16.2. The highest BCUT2D eigenvalue weighted by molar-refractivity contribution is 5.98. The summed E-state index contributed by atoms with van der Waals surface area (Å²) in [7, 11) is 0. The van der Waals surface area contributed by atoms with Crippen molar-refractivity contribution >= 4 is 34.8 Å². The molecule has 0 aliphatic heterocycles. The van der Waals surface area contributed by atoms with E-state index in [1.54, 1.807) is 48.5 Å². The Kier molecular flexibility index (Phi) is 7.63. The number of hydrogen-bond donors (Lipinski definition) is 2. The molecule has 0 aliphatic carbocycles. The molecule has 2 rings (SSSR count). The van der Waals surface area contributed by atoms with E-state index >= 15 is 0 Å². The van der Waals surface area contributed by atoms with E-state index in [0.29, 0.717) is 35.3 Å². The molecule has 0 aliphatic rings. The second kappa shape index (κ2) is 10.2. The molecule has 0 bridgehead atoms. The van der Waals surface area contributed by atoms with Gasteiger partial charge >= 0.3 is 0 Å². The molecule has 2 amide bonds. The first-order valence-corrected chi connectivity index (χ1v) is 9.17. The van der Waals surface area contributed by atoms with Crippen LogP contribution in [0.4, 0.5) is 11.4 Å². The molecule has 0 aromatic heterocycles. The zero-order valence-corrected chi connectivity index (χ0v) is 16.1. The summed E-state index contributed by atoms with van der Waals surface area (Å²) in [6.45, 7) is 2.95. The van der Waals surface area contributed by atoms with Crippen LogP contribution in [-0.2, 0) is 9.59 Å². The van der Waals surface area contributed by atoms with E-state index in [0.717, 1.165) is 0 Å². The maximum atomic E-state index is 12.0. The summed E-state index contributed by atoms with van der Waals surface area (Å²) in [5, 5.41) is 5.52. The van der Waals surface area contributed by atoms with Crippen molar-refractivity contribution in [2.45, 2.75) is 39.5 Å². The third-order valence-corrected chi connectivity index (χ3v) is 4.16. The van der Waals surface area contributed by atoms with Crippen LogP contribution in [0.2, 0.25) is 0 Å². The van der Waals surface area contributed by atoms with Gasteiger partial charge in [-0.25, -0.2) is 0 Å². The third kappa shape index (κ3) is 6.79. The number of Topliss-reactive ketones (excluding diaryl/α,β-unsaturated/α-hetero) is 2. The third-order valence-electron chi connectivity index (χ3n) is 4.16. The Labute approximate surface area is 164 Å². The number of unbranched alkanes of at least 4 members (excludes halogenated alkanes) is 1. The van der Waals surface area contributed by atoms with E-state index in [-0.39, 0.29) is 36.2 Å². The van der Waals surface area contributed by atoms with Crippen LogP contribution in [0.25, 0.3) is 0 Å². The normalized spacial score (nSPS) is 10.2. The van der Waals surface area contributed by atoms with Gasteiger partial charge in [0.1, 0.15) is 0 Å². The standard InChI is InChI=1S/C22H24N2O4/c1-15(25)17-7-5-9-19(13-17)23-21(27)11-3-4-12-22(28)24-20-10-6-8-18(14-20)16(2)26/h5-10,13-14H,3-4,11-12H2,1-2H3,(H,23,27)(H,24,28). The minimum absolute atomic E-state index is 0.0593. The molecule has 0 spiro atoms. The lowest BCUT2D eigenvalue weighted by Crippen LogP contribution is -2.13. The molecule has 2 aromatic carbocycles. The highest BCUT2D eigenvalue weighted by Gasteiger charge is 2.07. The second-order valence-electron chi connectivity index (χ2n) is 6.58. The summed E-state index contributed by atoms with van der Waals surface area (Å²) >= 11 is 0. The van der Waals surface area contributed by atoms with Crippen molar-refractivity contribution in [2.75, 3.05) is 10.6 Å². The van der Waals surface area contributed by atoms with Crippen LogP contribution in [0.1, 0.15) is 60.2 Å². The summed E-state index contributed by atoms with van der Waals surface area (Å²) in [5.74, 6) is -0.433.